The van der Waals surface area contributed by atoms with Gasteiger partial charge in [-0.25, -0.2) is 9.59 Å². The Morgan fingerprint density at radius 3 is 2.54 bits per heavy atom. The maximum absolute atomic E-state index is 12.2. The zero-order valence-corrected chi connectivity index (χ0v) is 13.7. The smallest absolute Gasteiger partial charge is 0.340 e. The van der Waals surface area contributed by atoms with Gasteiger partial charge in [0, 0.05) is 0 Å². The molecule has 0 saturated carbocycles. The normalized spacial score (nSPS) is 12.1. The molecule has 0 saturated heterocycles. The average molecular weight is 333 g/mol. The van der Waals surface area contributed by atoms with Crippen LogP contribution in [-0.4, -0.2) is 28.1 Å². The van der Waals surface area contributed by atoms with Crippen molar-refractivity contribution >= 4 is 22.8 Å². The quantitative estimate of drug-likeness (QED) is 0.716. The van der Waals surface area contributed by atoms with Crippen molar-refractivity contribution in [3.05, 3.63) is 39.2 Å². The van der Waals surface area contributed by atoms with Crippen LogP contribution in [0.2, 0.25) is 0 Å². The van der Waals surface area contributed by atoms with Crippen molar-refractivity contribution in [3.8, 4) is 5.75 Å². The van der Waals surface area contributed by atoms with Gasteiger partial charge >= 0.3 is 11.6 Å². The van der Waals surface area contributed by atoms with Gasteiger partial charge in [0.2, 0.25) is 5.91 Å². The molecule has 0 aliphatic rings. The number of carbonyl (C=O) groups excluding carboxylic acids is 1. The molecular formula is C17H19NO6. The van der Waals surface area contributed by atoms with E-state index in [0.29, 0.717) is 10.9 Å². The molecule has 0 bridgehead atoms. The molecule has 2 rings (SSSR count). The maximum atomic E-state index is 12.2. The lowest BCUT2D eigenvalue weighted by molar-refractivity contribution is -0.141. The van der Waals surface area contributed by atoms with E-state index >= 15 is 0 Å². The molecule has 7 nitrogen and oxygen atoms in total. The van der Waals surface area contributed by atoms with Crippen molar-refractivity contribution in [2.45, 2.75) is 39.7 Å². The first-order chi connectivity index (χ1) is 11.2. The molecule has 2 aromatic rings. The Kier molecular flexibility index (Phi) is 4.92. The highest BCUT2D eigenvalue weighted by atomic mass is 16.4. The van der Waals surface area contributed by atoms with E-state index in [4.69, 9.17) is 9.52 Å². The van der Waals surface area contributed by atoms with Crippen LogP contribution in [0.3, 0.4) is 0 Å². The molecular weight excluding hydrogens is 314 g/mol. The van der Waals surface area contributed by atoms with Crippen molar-refractivity contribution in [1.82, 2.24) is 5.32 Å². The molecule has 1 amide bonds. The van der Waals surface area contributed by atoms with Gasteiger partial charge in [0.15, 0.2) is 0 Å². The summed E-state index contributed by atoms with van der Waals surface area (Å²) in [7, 11) is 0. The fourth-order valence-electron chi connectivity index (χ4n) is 2.61. The summed E-state index contributed by atoms with van der Waals surface area (Å²) in [6, 6.07) is 2.16. The largest absolute Gasteiger partial charge is 0.507 e. The maximum Gasteiger partial charge on any atom is 0.340 e. The zero-order chi connectivity index (χ0) is 18.0. The number of phenols is 1. The Bertz CT molecular complexity index is 867. The van der Waals surface area contributed by atoms with Crippen LogP contribution >= 0.6 is 0 Å². The van der Waals surface area contributed by atoms with Crippen molar-refractivity contribution < 1.29 is 24.2 Å². The van der Waals surface area contributed by atoms with Gasteiger partial charge in [-0.1, -0.05) is 6.92 Å². The third-order valence-electron chi connectivity index (χ3n) is 3.88. The number of aliphatic carboxylic acids is 1. The minimum atomic E-state index is -1.14. The molecule has 7 heteroatoms. The first-order valence-corrected chi connectivity index (χ1v) is 7.52. The van der Waals surface area contributed by atoms with E-state index in [2.05, 4.69) is 5.32 Å². The van der Waals surface area contributed by atoms with E-state index < -0.39 is 23.5 Å². The van der Waals surface area contributed by atoms with Crippen LogP contribution in [0.4, 0.5) is 0 Å². The second kappa shape index (κ2) is 6.74. The fourth-order valence-corrected chi connectivity index (χ4v) is 2.61. The molecule has 0 radical (unpaired) electrons. The second-order valence-corrected chi connectivity index (χ2v) is 5.69. The van der Waals surface area contributed by atoms with Crippen LogP contribution in [0.1, 0.15) is 30.0 Å². The van der Waals surface area contributed by atoms with Gasteiger partial charge in [0.1, 0.15) is 17.4 Å². The summed E-state index contributed by atoms with van der Waals surface area (Å²) in [5.74, 6) is -1.77. The standard InChI is InChI=1S/C17H19NO6/c1-4-11(16(21)22)18-14(20)7-10-9(3)15-12(19)5-8(2)6-13(15)24-17(10)23/h5-6,11,19H,4,7H2,1-3H3,(H,18,20)(H,21,22)/t11-/m1/s1. The van der Waals surface area contributed by atoms with E-state index in [0.717, 1.165) is 5.56 Å². The Hall–Kier alpha value is -2.83. The summed E-state index contributed by atoms with van der Waals surface area (Å²) < 4.78 is 5.20. The Labute approximate surface area is 137 Å². The highest BCUT2D eigenvalue weighted by Crippen LogP contribution is 2.29. The van der Waals surface area contributed by atoms with E-state index in [1.54, 1.807) is 26.8 Å². The summed E-state index contributed by atoms with van der Waals surface area (Å²) in [6.45, 7) is 5.01. The lowest BCUT2D eigenvalue weighted by Gasteiger charge is -2.13. The molecule has 1 atom stereocenters. The molecule has 0 aliphatic heterocycles. The third kappa shape index (κ3) is 3.40. The van der Waals surface area contributed by atoms with Gasteiger partial charge in [0.25, 0.3) is 0 Å². The van der Waals surface area contributed by atoms with Crippen molar-refractivity contribution in [1.29, 1.82) is 0 Å². The molecule has 0 fully saturated rings. The van der Waals surface area contributed by atoms with Gasteiger partial charge < -0.3 is 19.9 Å². The number of fused-ring (bicyclic) bond motifs is 1. The summed E-state index contributed by atoms with van der Waals surface area (Å²) >= 11 is 0. The number of benzene rings is 1. The molecule has 1 heterocycles. The van der Waals surface area contributed by atoms with Gasteiger partial charge in [-0.3, -0.25) is 4.79 Å². The van der Waals surface area contributed by atoms with Crippen molar-refractivity contribution in [2.75, 3.05) is 0 Å². The molecule has 128 valence electrons. The minimum absolute atomic E-state index is 0.0371. The second-order valence-electron chi connectivity index (χ2n) is 5.69. The predicted octanol–water partition coefficient (Wildman–Crippen LogP) is 1.64. The zero-order valence-electron chi connectivity index (χ0n) is 13.7. The first kappa shape index (κ1) is 17.5. The van der Waals surface area contributed by atoms with Crippen LogP contribution in [0, 0.1) is 13.8 Å². The van der Waals surface area contributed by atoms with Crippen molar-refractivity contribution in [2.24, 2.45) is 0 Å². The summed E-state index contributed by atoms with van der Waals surface area (Å²) in [5, 5.41) is 21.8. The number of amides is 1. The number of carboxylic acids is 1. The number of phenolic OH excluding ortho intramolecular Hbond substituents is 1. The Morgan fingerprint density at radius 2 is 1.96 bits per heavy atom. The number of rotatable bonds is 5. The van der Waals surface area contributed by atoms with E-state index in [1.165, 1.54) is 6.07 Å². The Balaban J connectivity index is 2.41. The molecule has 0 aliphatic carbocycles. The van der Waals surface area contributed by atoms with Gasteiger partial charge in [0.05, 0.1) is 17.4 Å². The minimum Gasteiger partial charge on any atom is -0.507 e. The number of carboxylic acid groups (broad SMARTS) is 1. The topological polar surface area (TPSA) is 117 Å². The number of aryl methyl sites for hydroxylation is 2. The number of nitrogens with one attached hydrogen (secondary N) is 1. The average Bonchev–Trinajstić information content (AvgIpc) is 2.47. The first-order valence-electron chi connectivity index (χ1n) is 7.52. The van der Waals surface area contributed by atoms with E-state index in [9.17, 15) is 19.5 Å². The summed E-state index contributed by atoms with van der Waals surface area (Å²) in [6.07, 6.45) is -0.0896. The fraction of sp³-hybridized carbons (Fsp3) is 0.353. The monoisotopic (exact) mass is 333 g/mol. The highest BCUT2D eigenvalue weighted by molar-refractivity contribution is 5.90. The van der Waals surface area contributed by atoms with E-state index in [-0.39, 0.29) is 29.7 Å². The lowest BCUT2D eigenvalue weighted by atomic mass is 10.0. The lowest BCUT2D eigenvalue weighted by Crippen LogP contribution is -2.41. The third-order valence-corrected chi connectivity index (χ3v) is 3.88. The highest BCUT2D eigenvalue weighted by Gasteiger charge is 2.21. The molecule has 24 heavy (non-hydrogen) atoms. The molecule has 3 N–H and O–H groups in total. The van der Waals surface area contributed by atoms with E-state index in [1.807, 2.05) is 0 Å². The number of hydrogen-bond acceptors (Lipinski definition) is 5. The summed E-state index contributed by atoms with van der Waals surface area (Å²) in [5.41, 5.74) is 0.844. The van der Waals surface area contributed by atoms with Crippen LogP contribution in [0.15, 0.2) is 21.3 Å². The Morgan fingerprint density at radius 1 is 1.29 bits per heavy atom. The summed E-state index contributed by atoms with van der Waals surface area (Å²) in [4.78, 5) is 35.2. The van der Waals surface area contributed by atoms with Gasteiger partial charge in [-0.05, 0) is 43.5 Å². The number of carbonyl (C=O) groups is 2. The van der Waals surface area contributed by atoms with Crippen LogP contribution in [0.5, 0.6) is 5.75 Å². The van der Waals surface area contributed by atoms with Crippen LogP contribution in [0.25, 0.3) is 11.0 Å². The van der Waals surface area contributed by atoms with Crippen molar-refractivity contribution in [3.63, 3.8) is 0 Å². The van der Waals surface area contributed by atoms with Crippen LogP contribution < -0.4 is 10.9 Å². The SMILES string of the molecule is CC[C@@H](NC(=O)Cc1c(C)c2c(O)cc(C)cc2oc1=O)C(=O)O. The number of aromatic hydroxyl groups is 1. The predicted molar refractivity (Wildman–Crippen MR) is 87.2 cm³/mol. The molecule has 0 unspecified atom stereocenters. The molecule has 1 aromatic carbocycles. The molecule has 1 aromatic heterocycles. The van der Waals surface area contributed by atoms with Gasteiger partial charge in [-0.2, -0.15) is 0 Å². The molecule has 0 spiro atoms. The number of hydrogen-bond donors (Lipinski definition) is 3. The van der Waals surface area contributed by atoms with Crippen LogP contribution in [-0.2, 0) is 16.0 Å². The van der Waals surface area contributed by atoms with Gasteiger partial charge in [-0.15, -0.1) is 0 Å².